The second-order valence-corrected chi connectivity index (χ2v) is 7.53. The summed E-state index contributed by atoms with van der Waals surface area (Å²) >= 11 is 0. The van der Waals surface area contributed by atoms with Crippen LogP contribution in [0.15, 0.2) is 73.3 Å². The molecule has 0 spiro atoms. The van der Waals surface area contributed by atoms with E-state index in [1.165, 1.54) is 39.8 Å². The second-order valence-electron chi connectivity index (χ2n) is 7.53. The first-order chi connectivity index (χ1) is 13.6. The summed E-state index contributed by atoms with van der Waals surface area (Å²) in [5.41, 5.74) is 10.2. The molecule has 1 N–H and O–H groups in total. The summed E-state index contributed by atoms with van der Waals surface area (Å²) in [6.45, 7) is 10.8. The molecule has 0 atom stereocenters. The Bertz CT molecular complexity index is 952. The van der Waals surface area contributed by atoms with Crippen molar-refractivity contribution in [3.8, 4) is 0 Å². The van der Waals surface area contributed by atoms with Crippen LogP contribution in [-0.2, 0) is 19.3 Å². The van der Waals surface area contributed by atoms with E-state index in [9.17, 15) is 0 Å². The third-order valence-corrected chi connectivity index (χ3v) is 5.56. The van der Waals surface area contributed by atoms with Crippen LogP contribution < -0.4 is 5.32 Å². The zero-order valence-corrected chi connectivity index (χ0v) is 17.4. The van der Waals surface area contributed by atoms with Gasteiger partial charge < -0.3 is 5.32 Å². The third kappa shape index (κ3) is 4.92. The molecule has 0 amide bonds. The van der Waals surface area contributed by atoms with Crippen molar-refractivity contribution >= 4 is 11.4 Å². The first kappa shape index (κ1) is 19.9. The molecule has 0 saturated carbocycles. The molecule has 0 heterocycles. The number of anilines is 1. The number of aryl methyl sites for hydroxylation is 4. The highest BCUT2D eigenvalue weighted by Crippen LogP contribution is 2.23. The molecule has 0 aliphatic carbocycles. The number of rotatable bonds is 8. The van der Waals surface area contributed by atoms with Crippen molar-refractivity contribution in [2.75, 3.05) is 5.32 Å². The van der Waals surface area contributed by atoms with E-state index in [1.807, 2.05) is 0 Å². The lowest BCUT2D eigenvalue weighted by molar-refractivity contribution is 0.811. The van der Waals surface area contributed by atoms with Crippen LogP contribution >= 0.6 is 0 Å². The van der Waals surface area contributed by atoms with E-state index in [-0.39, 0.29) is 0 Å². The average molecular weight is 370 g/mol. The summed E-state index contributed by atoms with van der Waals surface area (Å²) in [6, 6.07) is 23.9. The predicted octanol–water partition coefficient (Wildman–Crippen LogP) is 7.12. The minimum absolute atomic E-state index is 0.954. The molecule has 0 unspecified atom stereocenters. The molecule has 3 aromatic carbocycles. The van der Waals surface area contributed by atoms with E-state index in [4.69, 9.17) is 0 Å². The molecule has 0 aliphatic heterocycles. The molecule has 1 nitrogen and oxygen atoms in total. The molecule has 0 radical (unpaired) electrons. The number of hydrogen-bond donors (Lipinski definition) is 1. The van der Waals surface area contributed by atoms with E-state index < -0.39 is 0 Å². The van der Waals surface area contributed by atoms with Gasteiger partial charge >= 0.3 is 0 Å². The largest absolute Gasteiger partial charge is 0.356 e. The smallest absolute Gasteiger partial charge is 0.0387 e. The highest BCUT2D eigenvalue weighted by Gasteiger charge is 2.06. The lowest BCUT2D eigenvalue weighted by Crippen LogP contribution is -2.01. The molecule has 28 heavy (non-hydrogen) atoms. The van der Waals surface area contributed by atoms with Gasteiger partial charge in [0, 0.05) is 16.9 Å². The minimum Gasteiger partial charge on any atom is -0.356 e. The first-order valence-corrected chi connectivity index (χ1v) is 10.3. The maximum Gasteiger partial charge on any atom is 0.0387 e. The van der Waals surface area contributed by atoms with Crippen molar-refractivity contribution in [2.24, 2.45) is 0 Å². The standard InChI is InChI=1S/C27H31N/c1-5-24-14-6-7-15-25(24)16-9-12-23-13-10-17-26(19-23)28-22(4)27-18-8-11-20(2)21(27)3/h6-8,10-11,13-15,17-19,28H,4-5,9,12,16H2,1-3H3. The van der Waals surface area contributed by atoms with Gasteiger partial charge in [-0.25, -0.2) is 0 Å². The second kappa shape index (κ2) is 9.41. The van der Waals surface area contributed by atoms with Gasteiger partial charge in [0.1, 0.15) is 0 Å². The van der Waals surface area contributed by atoms with E-state index >= 15 is 0 Å². The molecule has 1 heteroatoms. The molecule has 0 bridgehead atoms. The molecule has 144 valence electrons. The Labute approximate surface area is 170 Å². The van der Waals surface area contributed by atoms with Crippen LogP contribution in [0.25, 0.3) is 5.70 Å². The summed E-state index contributed by atoms with van der Waals surface area (Å²) in [5, 5.41) is 3.50. The van der Waals surface area contributed by atoms with Crippen molar-refractivity contribution in [1.29, 1.82) is 0 Å². The van der Waals surface area contributed by atoms with Crippen LogP contribution in [0.5, 0.6) is 0 Å². The average Bonchev–Trinajstić information content (AvgIpc) is 2.70. The molecule has 0 aliphatic rings. The third-order valence-electron chi connectivity index (χ3n) is 5.56. The molecule has 0 aromatic heterocycles. The first-order valence-electron chi connectivity index (χ1n) is 10.3. The van der Waals surface area contributed by atoms with Gasteiger partial charge in [-0.1, -0.05) is 68.1 Å². The van der Waals surface area contributed by atoms with Gasteiger partial charge in [0.15, 0.2) is 0 Å². The van der Waals surface area contributed by atoms with Crippen molar-refractivity contribution < 1.29 is 0 Å². The highest BCUT2D eigenvalue weighted by atomic mass is 14.9. The fourth-order valence-electron chi connectivity index (χ4n) is 3.75. The quantitative estimate of drug-likeness (QED) is 0.445. The Morgan fingerprint density at radius 1 is 0.857 bits per heavy atom. The maximum absolute atomic E-state index is 4.26. The molecular weight excluding hydrogens is 338 g/mol. The van der Waals surface area contributed by atoms with Crippen LogP contribution in [0.2, 0.25) is 0 Å². The summed E-state index contributed by atoms with van der Waals surface area (Å²) in [6.07, 6.45) is 4.49. The van der Waals surface area contributed by atoms with Crippen molar-refractivity contribution in [3.63, 3.8) is 0 Å². The van der Waals surface area contributed by atoms with E-state index in [1.54, 1.807) is 0 Å². The molecule has 3 rings (SSSR count). The number of hydrogen-bond acceptors (Lipinski definition) is 1. The normalized spacial score (nSPS) is 10.7. The van der Waals surface area contributed by atoms with Crippen molar-refractivity contribution in [2.45, 2.75) is 46.5 Å². The fourth-order valence-corrected chi connectivity index (χ4v) is 3.75. The van der Waals surface area contributed by atoms with Crippen LogP contribution in [0, 0.1) is 13.8 Å². The van der Waals surface area contributed by atoms with Gasteiger partial charge in [-0.05, 0) is 79.5 Å². The molecular formula is C27H31N. The van der Waals surface area contributed by atoms with Crippen LogP contribution in [0.1, 0.15) is 46.7 Å². The van der Waals surface area contributed by atoms with E-state index in [0.717, 1.165) is 30.6 Å². The summed E-state index contributed by atoms with van der Waals surface area (Å²) < 4.78 is 0. The van der Waals surface area contributed by atoms with Gasteiger partial charge in [0.2, 0.25) is 0 Å². The predicted molar refractivity (Wildman–Crippen MR) is 123 cm³/mol. The SMILES string of the molecule is C=C(Nc1cccc(CCCc2ccccc2CC)c1)c1cccc(C)c1C. The number of nitrogens with one attached hydrogen (secondary N) is 1. The maximum atomic E-state index is 4.26. The van der Waals surface area contributed by atoms with Gasteiger partial charge in [0.25, 0.3) is 0 Å². The summed E-state index contributed by atoms with van der Waals surface area (Å²) in [7, 11) is 0. The van der Waals surface area contributed by atoms with E-state index in [0.29, 0.717) is 0 Å². The Morgan fingerprint density at radius 3 is 2.39 bits per heavy atom. The van der Waals surface area contributed by atoms with Crippen molar-refractivity contribution in [1.82, 2.24) is 0 Å². The molecule has 0 fully saturated rings. The Kier molecular flexibility index (Phi) is 6.71. The van der Waals surface area contributed by atoms with Gasteiger partial charge in [0.05, 0.1) is 0 Å². The number of benzene rings is 3. The molecule has 3 aromatic rings. The van der Waals surface area contributed by atoms with Crippen LogP contribution in [0.3, 0.4) is 0 Å². The van der Waals surface area contributed by atoms with E-state index in [2.05, 4.69) is 99.4 Å². The van der Waals surface area contributed by atoms with Gasteiger partial charge in [-0.3, -0.25) is 0 Å². The van der Waals surface area contributed by atoms with Crippen LogP contribution in [0.4, 0.5) is 5.69 Å². The Balaban J connectivity index is 1.62. The fraction of sp³-hybridized carbons (Fsp3) is 0.259. The minimum atomic E-state index is 0.954. The van der Waals surface area contributed by atoms with Gasteiger partial charge in [-0.2, -0.15) is 0 Å². The van der Waals surface area contributed by atoms with Crippen molar-refractivity contribution in [3.05, 3.63) is 107 Å². The van der Waals surface area contributed by atoms with Gasteiger partial charge in [-0.15, -0.1) is 0 Å². The Morgan fingerprint density at radius 2 is 1.61 bits per heavy atom. The lowest BCUT2D eigenvalue weighted by atomic mass is 9.98. The molecule has 0 saturated heterocycles. The lowest BCUT2D eigenvalue weighted by Gasteiger charge is -2.14. The van der Waals surface area contributed by atoms with Crippen LogP contribution in [-0.4, -0.2) is 0 Å². The zero-order chi connectivity index (χ0) is 19.9. The zero-order valence-electron chi connectivity index (χ0n) is 17.4. The summed E-state index contributed by atoms with van der Waals surface area (Å²) in [5.74, 6) is 0. The Hall–Kier alpha value is -2.80. The topological polar surface area (TPSA) is 12.0 Å². The monoisotopic (exact) mass is 369 g/mol. The highest BCUT2D eigenvalue weighted by molar-refractivity contribution is 5.77. The summed E-state index contributed by atoms with van der Waals surface area (Å²) in [4.78, 5) is 0.